The highest BCUT2D eigenvalue weighted by atomic mass is 19.4. The Balaban J connectivity index is 1.76. The molecular formula is C26H40F6O2. The number of fused-ring (bicyclic) bond motifs is 3. The number of rotatable bonds is 4. The van der Waals surface area contributed by atoms with Crippen molar-refractivity contribution in [2.45, 2.75) is 109 Å². The topological polar surface area (TPSA) is 40.5 Å². The van der Waals surface area contributed by atoms with E-state index >= 15 is 0 Å². The van der Waals surface area contributed by atoms with Crippen molar-refractivity contribution >= 4 is 0 Å². The summed E-state index contributed by atoms with van der Waals surface area (Å²) in [4.78, 5) is 0. The number of aliphatic hydroxyl groups excluding tert-OH is 1. The predicted molar refractivity (Wildman–Crippen MR) is 119 cm³/mol. The Kier molecular flexibility index (Phi) is 8.14. The van der Waals surface area contributed by atoms with Crippen molar-refractivity contribution in [3.8, 4) is 0 Å². The van der Waals surface area contributed by atoms with Gasteiger partial charge in [0.05, 0.1) is 6.10 Å². The maximum absolute atomic E-state index is 13.2. The van der Waals surface area contributed by atoms with E-state index < -0.39 is 24.4 Å². The lowest BCUT2D eigenvalue weighted by molar-refractivity contribution is -0.370. The van der Waals surface area contributed by atoms with Crippen LogP contribution in [0, 0.1) is 40.9 Å². The highest BCUT2D eigenvalue weighted by Gasteiger charge is 2.70. The minimum Gasteiger partial charge on any atom is -0.393 e. The Morgan fingerprint density at radius 1 is 0.912 bits per heavy atom. The first-order valence-corrected chi connectivity index (χ1v) is 12.8. The van der Waals surface area contributed by atoms with Gasteiger partial charge < -0.3 is 10.2 Å². The maximum Gasteiger partial charge on any atom is 0.426 e. The zero-order valence-electron chi connectivity index (χ0n) is 20.4. The molecule has 2 N–H and O–H groups in total. The van der Waals surface area contributed by atoms with Crippen LogP contribution in [0.3, 0.4) is 0 Å². The van der Waals surface area contributed by atoms with Crippen LogP contribution in [0.2, 0.25) is 0 Å². The molecule has 34 heavy (non-hydrogen) atoms. The molecule has 3 aliphatic rings. The van der Waals surface area contributed by atoms with Crippen molar-refractivity contribution in [1.82, 2.24) is 0 Å². The van der Waals surface area contributed by atoms with Gasteiger partial charge in [0.25, 0.3) is 5.60 Å². The molecule has 0 aromatic heterocycles. The summed E-state index contributed by atoms with van der Waals surface area (Å²) in [5.74, 6) is 1.52. The van der Waals surface area contributed by atoms with Crippen LogP contribution in [-0.4, -0.2) is 34.3 Å². The molecule has 2 saturated carbocycles. The molecule has 3 rings (SSSR count). The van der Waals surface area contributed by atoms with Crippen molar-refractivity contribution in [2.24, 2.45) is 40.9 Å². The molecule has 0 radical (unpaired) electrons. The Labute approximate surface area is 199 Å². The van der Waals surface area contributed by atoms with Crippen LogP contribution >= 0.6 is 0 Å². The van der Waals surface area contributed by atoms with Crippen LogP contribution in [0.1, 0.15) is 85.0 Å². The van der Waals surface area contributed by atoms with Crippen molar-refractivity contribution < 1.29 is 36.6 Å². The van der Waals surface area contributed by atoms with Gasteiger partial charge in [0.15, 0.2) is 0 Å². The Morgan fingerprint density at radius 2 is 1.53 bits per heavy atom. The van der Waals surface area contributed by atoms with Crippen molar-refractivity contribution in [3.63, 3.8) is 0 Å². The normalized spacial score (nSPS) is 38.8. The fourth-order valence-electron chi connectivity index (χ4n) is 7.71. The number of aliphatic hydroxyl groups is 2. The number of hydrogen-bond donors (Lipinski definition) is 2. The van der Waals surface area contributed by atoms with Gasteiger partial charge in [-0.05, 0) is 105 Å². The van der Waals surface area contributed by atoms with E-state index in [0.717, 1.165) is 44.9 Å². The van der Waals surface area contributed by atoms with Gasteiger partial charge in [0.2, 0.25) is 0 Å². The second-order valence-electron chi connectivity index (χ2n) is 11.7. The summed E-state index contributed by atoms with van der Waals surface area (Å²) in [6.45, 7) is 6.20. The van der Waals surface area contributed by atoms with E-state index in [0.29, 0.717) is 30.1 Å². The van der Waals surface area contributed by atoms with E-state index in [1.807, 2.05) is 6.08 Å². The first kappa shape index (κ1) is 27.8. The fraction of sp³-hybridized carbons (Fsp3) is 0.923. The van der Waals surface area contributed by atoms with Gasteiger partial charge in [-0.2, -0.15) is 26.3 Å². The summed E-state index contributed by atoms with van der Waals surface area (Å²) in [6.07, 6.45) is -2.31. The molecular weight excluding hydrogens is 458 g/mol. The predicted octanol–water partition coefficient (Wildman–Crippen LogP) is 7.44. The second kappa shape index (κ2) is 9.95. The average molecular weight is 499 g/mol. The molecule has 0 amide bonds. The van der Waals surface area contributed by atoms with Gasteiger partial charge in [0, 0.05) is 0 Å². The number of hydrogen-bond acceptors (Lipinski definition) is 2. The van der Waals surface area contributed by atoms with Crippen LogP contribution < -0.4 is 0 Å². The highest BCUT2D eigenvalue weighted by molar-refractivity contribution is 5.06. The standard InChI is InChI=1S/C26H40F6O2/c1-16-8-9-18(33)6-4-5-7-20-19(16)13-14-23(3)21(10-11-22(20)23)17(2)12-15-24(34,25(27,28)29)26(30,31)32/h4-5,16-22,33-34H,6-15H2,1-3H3. The smallest absolute Gasteiger partial charge is 0.393 e. The molecule has 8 unspecified atom stereocenters. The van der Waals surface area contributed by atoms with E-state index in [4.69, 9.17) is 0 Å². The van der Waals surface area contributed by atoms with Crippen LogP contribution in [0.15, 0.2) is 12.2 Å². The first-order chi connectivity index (χ1) is 15.6. The number of halogens is 6. The third-order valence-corrected chi connectivity index (χ3v) is 9.82. The fourth-order valence-corrected chi connectivity index (χ4v) is 7.71. The van der Waals surface area contributed by atoms with Gasteiger partial charge >= 0.3 is 12.4 Å². The summed E-state index contributed by atoms with van der Waals surface area (Å²) in [7, 11) is 0. The molecule has 0 bridgehead atoms. The zero-order chi connectivity index (χ0) is 25.5. The van der Waals surface area contributed by atoms with E-state index in [9.17, 15) is 36.6 Å². The molecule has 0 heterocycles. The minimum absolute atomic E-state index is 0.0423. The minimum atomic E-state index is -5.75. The van der Waals surface area contributed by atoms with Gasteiger partial charge in [-0.1, -0.05) is 32.9 Å². The average Bonchev–Trinajstić information content (AvgIpc) is 3.08. The number of allylic oxidation sites excluding steroid dienone is 1. The molecule has 198 valence electrons. The van der Waals surface area contributed by atoms with Crippen LogP contribution in [0.4, 0.5) is 26.3 Å². The third-order valence-electron chi connectivity index (χ3n) is 9.82. The van der Waals surface area contributed by atoms with Gasteiger partial charge in [-0.25, -0.2) is 0 Å². The van der Waals surface area contributed by atoms with Gasteiger partial charge in [-0.3, -0.25) is 0 Å². The largest absolute Gasteiger partial charge is 0.426 e. The monoisotopic (exact) mass is 498 g/mol. The Morgan fingerprint density at radius 3 is 2.15 bits per heavy atom. The molecule has 8 atom stereocenters. The summed E-state index contributed by atoms with van der Waals surface area (Å²) in [5, 5.41) is 19.7. The first-order valence-electron chi connectivity index (χ1n) is 12.8. The van der Waals surface area contributed by atoms with Crippen LogP contribution in [-0.2, 0) is 0 Å². The molecule has 8 heteroatoms. The molecule has 2 nitrogen and oxygen atoms in total. The molecule has 2 fully saturated rings. The summed E-state index contributed by atoms with van der Waals surface area (Å²) in [6, 6.07) is 0. The number of alkyl halides is 6. The molecule has 0 aliphatic heterocycles. The lowest BCUT2D eigenvalue weighted by Crippen LogP contribution is -2.57. The maximum atomic E-state index is 13.2. The lowest BCUT2D eigenvalue weighted by Gasteiger charge is -2.51. The molecule has 0 saturated heterocycles. The van der Waals surface area contributed by atoms with Gasteiger partial charge in [-0.15, -0.1) is 0 Å². The summed E-state index contributed by atoms with van der Waals surface area (Å²) < 4.78 is 79.0. The van der Waals surface area contributed by atoms with E-state index in [2.05, 4.69) is 19.9 Å². The SMILES string of the molecule is CC1CCC(O)CC=CCC2C1CCC1(C)C(C(C)CCC(O)(C(F)(F)F)C(F)(F)F)CCC21. The Hall–Kier alpha value is -0.760. The summed E-state index contributed by atoms with van der Waals surface area (Å²) in [5.41, 5.74) is -4.78. The molecule has 3 aliphatic carbocycles. The van der Waals surface area contributed by atoms with E-state index in [1.165, 1.54) is 0 Å². The molecule has 0 aromatic carbocycles. The third kappa shape index (κ3) is 5.18. The highest BCUT2D eigenvalue weighted by Crippen LogP contribution is 2.63. The Bertz CT molecular complexity index is 703. The molecule has 0 spiro atoms. The van der Waals surface area contributed by atoms with E-state index in [1.54, 1.807) is 6.92 Å². The van der Waals surface area contributed by atoms with Crippen molar-refractivity contribution in [2.75, 3.05) is 0 Å². The van der Waals surface area contributed by atoms with Crippen LogP contribution in [0.25, 0.3) is 0 Å². The van der Waals surface area contributed by atoms with Crippen molar-refractivity contribution in [3.05, 3.63) is 12.2 Å². The summed E-state index contributed by atoms with van der Waals surface area (Å²) >= 11 is 0. The van der Waals surface area contributed by atoms with E-state index in [-0.39, 0.29) is 29.8 Å². The second-order valence-corrected chi connectivity index (χ2v) is 11.7. The zero-order valence-corrected chi connectivity index (χ0v) is 20.4. The van der Waals surface area contributed by atoms with Crippen LogP contribution in [0.5, 0.6) is 0 Å². The van der Waals surface area contributed by atoms with Crippen molar-refractivity contribution in [1.29, 1.82) is 0 Å². The quantitative estimate of drug-likeness (QED) is 0.312. The lowest BCUT2D eigenvalue weighted by atomic mass is 9.53. The van der Waals surface area contributed by atoms with Gasteiger partial charge in [0.1, 0.15) is 0 Å². The molecule has 0 aromatic rings.